The summed E-state index contributed by atoms with van der Waals surface area (Å²) < 4.78 is 78.4. The molecule has 4 aliphatic rings. The highest BCUT2D eigenvalue weighted by atomic mass is 16.8. The van der Waals surface area contributed by atoms with Crippen molar-refractivity contribution in [1.82, 2.24) is 0 Å². The molecule has 0 aromatic carbocycles. The molecule has 0 bridgehead atoms. The Labute approximate surface area is 336 Å². The monoisotopic (exact) mass is 858 g/mol. The van der Waals surface area contributed by atoms with Crippen LogP contribution in [0.1, 0.15) is 0 Å². The predicted molar refractivity (Wildman–Crippen MR) is 190 cm³/mol. The third-order valence-corrected chi connectivity index (χ3v) is 9.81. The van der Waals surface area contributed by atoms with Gasteiger partial charge in [-0.3, -0.25) is 0 Å². The summed E-state index contributed by atoms with van der Waals surface area (Å²) in [5.74, 6) is 0. The molecule has 0 aromatic heterocycles. The first-order valence-corrected chi connectivity index (χ1v) is 18.4. The summed E-state index contributed by atoms with van der Waals surface area (Å²) >= 11 is 0. The summed E-state index contributed by atoms with van der Waals surface area (Å²) in [5, 5.41) is 91.7. The molecule has 58 heavy (non-hydrogen) atoms. The van der Waals surface area contributed by atoms with E-state index < -0.39 is 136 Å². The van der Waals surface area contributed by atoms with Crippen molar-refractivity contribution in [2.45, 2.75) is 123 Å². The number of hydrogen-bond donors (Lipinski definition) is 10. The van der Waals surface area contributed by atoms with Crippen LogP contribution in [0.15, 0.2) is 0 Å². The molecular formula is C34H66O24. The van der Waals surface area contributed by atoms with Crippen LogP contribution < -0.4 is 0 Å². The molecule has 0 aromatic rings. The van der Waals surface area contributed by atoms with E-state index in [0.717, 1.165) is 0 Å². The van der Waals surface area contributed by atoms with Gasteiger partial charge in [-0.15, -0.1) is 0 Å². The van der Waals surface area contributed by atoms with Crippen molar-refractivity contribution < 1.29 is 117 Å². The molecule has 4 fully saturated rings. The van der Waals surface area contributed by atoms with Gasteiger partial charge >= 0.3 is 0 Å². The van der Waals surface area contributed by atoms with Crippen LogP contribution in [0.4, 0.5) is 0 Å². The number of rotatable bonds is 17. The first-order chi connectivity index (χ1) is 27.8. The van der Waals surface area contributed by atoms with E-state index in [-0.39, 0.29) is 26.4 Å². The van der Waals surface area contributed by atoms with Gasteiger partial charge in [-0.25, -0.2) is 0 Å². The molecule has 4 saturated heterocycles. The second-order valence-electron chi connectivity index (χ2n) is 13.3. The Balaban J connectivity index is 0.000000379. The van der Waals surface area contributed by atoms with Gasteiger partial charge in [-0.05, 0) is 0 Å². The summed E-state index contributed by atoms with van der Waals surface area (Å²) in [6.45, 7) is -1.05. The maximum Gasteiger partial charge on any atom is 0.187 e. The van der Waals surface area contributed by atoms with Gasteiger partial charge in [0.2, 0.25) is 0 Å². The fourth-order valence-electron chi connectivity index (χ4n) is 6.86. The van der Waals surface area contributed by atoms with Crippen LogP contribution in [-0.2, 0) is 66.3 Å². The van der Waals surface area contributed by atoms with Crippen LogP contribution in [-0.4, -0.2) is 270 Å². The zero-order chi connectivity index (χ0) is 43.7. The summed E-state index contributed by atoms with van der Waals surface area (Å²) in [5.41, 5.74) is 0. The molecule has 20 unspecified atom stereocenters. The van der Waals surface area contributed by atoms with Crippen molar-refractivity contribution in [3.05, 3.63) is 0 Å². The zero-order valence-electron chi connectivity index (χ0n) is 34.0. The third-order valence-electron chi connectivity index (χ3n) is 9.81. The maximum atomic E-state index is 9.94. The quantitative estimate of drug-likeness (QED) is 0.0650. The molecule has 10 N–H and O–H groups in total. The molecule has 0 amide bonds. The lowest BCUT2D eigenvalue weighted by atomic mass is 9.96. The average molecular weight is 859 g/mol. The highest BCUT2D eigenvalue weighted by molar-refractivity contribution is 4.97. The average Bonchev–Trinajstić information content (AvgIpc) is 3.23. The van der Waals surface area contributed by atoms with Crippen molar-refractivity contribution >= 4 is 0 Å². The molecular weight excluding hydrogens is 792 g/mol. The van der Waals surface area contributed by atoms with Crippen molar-refractivity contribution in [2.75, 3.05) is 96.5 Å². The molecule has 4 heterocycles. The largest absolute Gasteiger partial charge is 0.394 e. The SMILES string of the molecule is COCC1OC(OC2C(COC)OC(OC)C(OC)C2OC)C(OC)C(OC)C1OC.OCC1OC(OC2C(CO)OC(O)C(O)C2O)C(O)C(O)C1O.OCCO. The Morgan fingerprint density at radius 2 is 0.810 bits per heavy atom. The standard InChI is InChI=1S/C20H38O11.C12H22O11.C2H6O2/c1-21-9-11-13(23-3)15(24-4)18(27-7)20(30-11)31-14-12(10-22-2)29-19(28-8)17(26-6)16(14)25-5;13-1-3-5(15)6(16)9(19)12(22-3)23-10-4(2-14)21-11(20)8(18)7(10)17;3-1-2-4/h11-20H,9-10H2,1-8H3;3-20H,1-2H2;3-4H,1-2H2. The van der Waals surface area contributed by atoms with Gasteiger partial charge in [-0.2, -0.15) is 0 Å². The minimum atomic E-state index is -1.74. The first-order valence-electron chi connectivity index (χ1n) is 18.4. The van der Waals surface area contributed by atoms with Crippen molar-refractivity contribution in [2.24, 2.45) is 0 Å². The van der Waals surface area contributed by atoms with E-state index in [1.54, 1.807) is 56.9 Å². The second kappa shape index (κ2) is 27.2. The fraction of sp³-hybridized carbons (Fsp3) is 1.00. The normalized spacial score (nSPS) is 43.1. The van der Waals surface area contributed by atoms with Crippen molar-refractivity contribution in [1.29, 1.82) is 0 Å². The Morgan fingerprint density at radius 1 is 0.362 bits per heavy atom. The Bertz CT molecular complexity index is 1060. The minimum absolute atomic E-state index is 0.125. The smallest absolute Gasteiger partial charge is 0.187 e. The predicted octanol–water partition coefficient (Wildman–Crippen LogP) is -6.59. The van der Waals surface area contributed by atoms with Crippen LogP contribution in [0, 0.1) is 0 Å². The molecule has 0 radical (unpaired) electrons. The third kappa shape index (κ3) is 13.3. The van der Waals surface area contributed by atoms with Crippen molar-refractivity contribution in [3.8, 4) is 0 Å². The summed E-state index contributed by atoms with van der Waals surface area (Å²) in [6, 6.07) is 0. The van der Waals surface area contributed by atoms with E-state index in [1.807, 2.05) is 0 Å². The van der Waals surface area contributed by atoms with Gasteiger partial charge < -0.3 is 117 Å². The lowest BCUT2D eigenvalue weighted by Crippen LogP contribution is -2.66. The Morgan fingerprint density at radius 3 is 1.28 bits per heavy atom. The summed E-state index contributed by atoms with van der Waals surface area (Å²) in [4.78, 5) is 0. The van der Waals surface area contributed by atoms with E-state index >= 15 is 0 Å². The molecule has 4 aliphatic heterocycles. The van der Waals surface area contributed by atoms with E-state index in [4.69, 9.17) is 81.6 Å². The van der Waals surface area contributed by atoms with Crippen LogP contribution >= 0.6 is 0 Å². The van der Waals surface area contributed by atoms with Gasteiger partial charge in [0, 0.05) is 56.9 Å². The number of methoxy groups -OCH3 is 8. The summed E-state index contributed by atoms with van der Waals surface area (Å²) in [6.07, 6.45) is -21.1. The Hall–Kier alpha value is -0.960. The first kappa shape index (κ1) is 53.2. The van der Waals surface area contributed by atoms with Gasteiger partial charge in [-0.1, -0.05) is 0 Å². The minimum Gasteiger partial charge on any atom is -0.394 e. The topological polar surface area (TPSA) is 332 Å². The lowest BCUT2D eigenvalue weighted by Gasteiger charge is -2.49. The van der Waals surface area contributed by atoms with E-state index in [2.05, 4.69) is 0 Å². The number of hydrogen-bond acceptors (Lipinski definition) is 24. The molecule has 20 atom stereocenters. The Kier molecular flexibility index (Phi) is 24.9. The van der Waals surface area contributed by atoms with Crippen LogP contribution in [0.5, 0.6) is 0 Å². The fourth-order valence-corrected chi connectivity index (χ4v) is 6.86. The molecule has 4 rings (SSSR count). The van der Waals surface area contributed by atoms with Gasteiger partial charge in [0.15, 0.2) is 25.2 Å². The molecule has 0 saturated carbocycles. The summed E-state index contributed by atoms with van der Waals surface area (Å²) in [7, 11) is 12.6. The second-order valence-corrected chi connectivity index (χ2v) is 13.3. The number of aliphatic hydroxyl groups is 10. The highest BCUT2D eigenvalue weighted by Crippen LogP contribution is 2.34. The van der Waals surface area contributed by atoms with Gasteiger partial charge in [0.1, 0.15) is 97.7 Å². The highest BCUT2D eigenvalue weighted by Gasteiger charge is 2.54. The molecule has 0 spiro atoms. The number of ether oxygens (including phenoxy) is 14. The molecule has 24 heteroatoms. The molecule has 346 valence electrons. The molecule has 0 aliphatic carbocycles. The zero-order valence-corrected chi connectivity index (χ0v) is 34.0. The maximum absolute atomic E-state index is 9.94. The molecule has 24 nitrogen and oxygen atoms in total. The lowest BCUT2D eigenvalue weighted by molar-refractivity contribution is -0.365. The van der Waals surface area contributed by atoms with E-state index in [1.165, 1.54) is 0 Å². The number of aliphatic hydroxyl groups excluding tert-OH is 10. The van der Waals surface area contributed by atoms with Gasteiger partial charge in [0.05, 0.1) is 39.6 Å². The van der Waals surface area contributed by atoms with Crippen LogP contribution in [0.3, 0.4) is 0 Å². The van der Waals surface area contributed by atoms with Gasteiger partial charge in [0.25, 0.3) is 0 Å². The van der Waals surface area contributed by atoms with Crippen LogP contribution in [0.25, 0.3) is 0 Å². The van der Waals surface area contributed by atoms with Crippen molar-refractivity contribution in [3.63, 3.8) is 0 Å². The van der Waals surface area contributed by atoms with E-state index in [9.17, 15) is 35.7 Å². The van der Waals surface area contributed by atoms with Crippen LogP contribution in [0.2, 0.25) is 0 Å². The van der Waals surface area contributed by atoms with E-state index in [0.29, 0.717) is 0 Å².